The van der Waals surface area contributed by atoms with E-state index in [9.17, 15) is 9.90 Å². The van der Waals surface area contributed by atoms with Crippen molar-refractivity contribution in [2.75, 3.05) is 11.4 Å². The van der Waals surface area contributed by atoms with Gasteiger partial charge < -0.3 is 19.2 Å². The lowest BCUT2D eigenvalue weighted by Crippen LogP contribution is -2.38. The van der Waals surface area contributed by atoms with Crippen molar-refractivity contribution in [2.45, 2.75) is 32.4 Å². The number of nitrogens with zero attached hydrogens (tertiary/aromatic N) is 2. The van der Waals surface area contributed by atoms with Crippen LogP contribution in [0, 0.1) is 0 Å². The molecule has 0 unspecified atom stereocenters. The highest BCUT2D eigenvalue weighted by Crippen LogP contribution is 2.28. The topological polar surface area (TPSA) is 75.8 Å². The number of aliphatic carboxylic acids is 1. The van der Waals surface area contributed by atoms with Gasteiger partial charge in [-0.2, -0.15) is 4.98 Å². The van der Waals surface area contributed by atoms with Gasteiger partial charge in [0.25, 0.3) is 6.01 Å². The van der Waals surface area contributed by atoms with Crippen molar-refractivity contribution in [3.05, 3.63) is 102 Å². The fourth-order valence-corrected chi connectivity index (χ4v) is 4.26. The van der Waals surface area contributed by atoms with E-state index in [1.807, 2.05) is 60.7 Å². The summed E-state index contributed by atoms with van der Waals surface area (Å²) < 4.78 is 12.1. The second kappa shape index (κ2) is 9.74. The fraction of sp³-hybridized carbons (Fsp3) is 0.200. The average molecular weight is 481 g/mol. The molecule has 0 aliphatic heterocycles. The summed E-state index contributed by atoms with van der Waals surface area (Å²) in [6.45, 7) is 4.32. The molecule has 6 heteroatoms. The third kappa shape index (κ3) is 4.89. The highest BCUT2D eigenvalue weighted by atomic mass is 16.5. The molecule has 0 bridgehead atoms. The molecule has 1 heterocycles. The Balaban J connectivity index is 1.47. The smallest absolute Gasteiger partial charge is 0.347 e. The summed E-state index contributed by atoms with van der Waals surface area (Å²) in [5.41, 5.74) is 2.31. The Morgan fingerprint density at radius 3 is 2.44 bits per heavy atom. The van der Waals surface area contributed by atoms with Gasteiger partial charge in [-0.1, -0.05) is 72.8 Å². The molecule has 1 aromatic heterocycles. The molecule has 0 atom stereocenters. The number of benzene rings is 4. The normalized spacial score (nSPS) is 11.6. The highest BCUT2D eigenvalue weighted by Gasteiger charge is 2.30. The highest BCUT2D eigenvalue weighted by molar-refractivity contribution is 5.86. The molecule has 182 valence electrons. The van der Waals surface area contributed by atoms with Crippen molar-refractivity contribution in [2.24, 2.45) is 0 Å². The van der Waals surface area contributed by atoms with E-state index in [0.717, 1.165) is 16.7 Å². The lowest BCUT2D eigenvalue weighted by atomic mass is 10.0. The molecular weight excluding hydrogens is 452 g/mol. The first-order valence-corrected chi connectivity index (χ1v) is 12.0. The van der Waals surface area contributed by atoms with Gasteiger partial charge in [0, 0.05) is 13.1 Å². The minimum absolute atomic E-state index is 0.549. The number of oxazole rings is 1. The molecule has 0 fully saturated rings. The number of aromatic nitrogens is 1. The van der Waals surface area contributed by atoms with Crippen molar-refractivity contribution in [3.8, 4) is 5.75 Å². The van der Waals surface area contributed by atoms with Gasteiger partial charge in [0.2, 0.25) is 0 Å². The Labute approximate surface area is 209 Å². The maximum absolute atomic E-state index is 11.6. The molecule has 5 aromatic rings. The summed E-state index contributed by atoms with van der Waals surface area (Å²) in [5, 5.41) is 11.9. The van der Waals surface area contributed by atoms with Crippen LogP contribution in [0.2, 0.25) is 0 Å². The maximum atomic E-state index is 11.6. The molecule has 0 saturated carbocycles. The molecule has 0 radical (unpaired) electrons. The first-order valence-electron chi connectivity index (χ1n) is 12.0. The lowest BCUT2D eigenvalue weighted by Gasteiger charge is -2.25. The average Bonchev–Trinajstić information content (AvgIpc) is 3.31. The van der Waals surface area contributed by atoms with Crippen LogP contribution in [-0.4, -0.2) is 28.2 Å². The van der Waals surface area contributed by atoms with E-state index in [1.54, 1.807) is 13.8 Å². The predicted octanol–water partition coefficient (Wildman–Crippen LogP) is 6.47. The van der Waals surface area contributed by atoms with E-state index >= 15 is 0 Å². The molecule has 0 spiro atoms. The summed E-state index contributed by atoms with van der Waals surface area (Å²) in [5.74, 6) is -0.450. The summed E-state index contributed by atoms with van der Waals surface area (Å²) in [7, 11) is 0. The van der Waals surface area contributed by atoms with Gasteiger partial charge in [0.1, 0.15) is 11.3 Å². The van der Waals surface area contributed by atoms with Gasteiger partial charge in [-0.05, 0) is 60.4 Å². The Bertz CT molecular complexity index is 1480. The zero-order valence-corrected chi connectivity index (χ0v) is 20.3. The Kier molecular flexibility index (Phi) is 6.34. The van der Waals surface area contributed by atoms with Crippen molar-refractivity contribution in [3.63, 3.8) is 0 Å². The molecular formula is C30H28N2O4. The molecule has 5 rings (SSSR count). The van der Waals surface area contributed by atoms with Crippen molar-refractivity contribution >= 4 is 33.9 Å². The summed E-state index contributed by atoms with van der Waals surface area (Å²) >= 11 is 0. The van der Waals surface area contributed by atoms with Crippen LogP contribution < -0.4 is 9.64 Å². The number of hydrogen-bond donors (Lipinski definition) is 1. The standard InChI is InChI=1S/C30H28N2O4/c1-30(2,28(33)34)36-26-16-7-4-11-22(26)18-19-32(29-31-25-15-6-8-17-27(25)35-29)20-23-13-9-12-21-10-3-5-14-24(21)23/h3-17H,18-20H2,1-2H3,(H,33,34). The molecule has 0 saturated heterocycles. The second-order valence-electron chi connectivity index (χ2n) is 9.30. The van der Waals surface area contributed by atoms with Crippen molar-refractivity contribution in [1.29, 1.82) is 0 Å². The number of fused-ring (bicyclic) bond motifs is 2. The van der Waals surface area contributed by atoms with Crippen molar-refractivity contribution < 1.29 is 19.1 Å². The lowest BCUT2D eigenvalue weighted by molar-refractivity contribution is -0.152. The third-order valence-corrected chi connectivity index (χ3v) is 6.30. The van der Waals surface area contributed by atoms with Crippen LogP contribution in [0.1, 0.15) is 25.0 Å². The number of carboxylic acids is 1. The number of carboxylic acid groups (broad SMARTS) is 1. The Morgan fingerprint density at radius 1 is 0.917 bits per heavy atom. The number of rotatable bonds is 9. The van der Waals surface area contributed by atoms with Crippen LogP contribution in [0.3, 0.4) is 0 Å². The van der Waals surface area contributed by atoms with Crippen LogP contribution in [0.15, 0.2) is 95.4 Å². The molecule has 0 aliphatic carbocycles. The number of ether oxygens (including phenoxy) is 1. The third-order valence-electron chi connectivity index (χ3n) is 6.30. The van der Waals surface area contributed by atoms with Gasteiger partial charge in [0.05, 0.1) is 0 Å². The first kappa shape index (κ1) is 23.4. The van der Waals surface area contributed by atoms with E-state index in [0.29, 0.717) is 31.3 Å². The summed E-state index contributed by atoms with van der Waals surface area (Å²) in [4.78, 5) is 18.5. The van der Waals surface area contributed by atoms with E-state index in [2.05, 4.69) is 35.2 Å². The molecule has 1 N–H and O–H groups in total. The molecule has 0 aliphatic rings. The molecule has 0 amide bonds. The molecule has 4 aromatic carbocycles. The number of hydrogen-bond acceptors (Lipinski definition) is 5. The number of carbonyl (C=O) groups is 1. The van der Waals surface area contributed by atoms with E-state index in [4.69, 9.17) is 14.1 Å². The van der Waals surface area contributed by atoms with Gasteiger partial charge in [0.15, 0.2) is 11.2 Å². The SMILES string of the molecule is CC(C)(Oc1ccccc1CCN(Cc1cccc2ccccc12)c1nc2ccccc2o1)C(=O)O. The summed E-state index contributed by atoms with van der Waals surface area (Å²) in [6, 6.07) is 30.5. The van der Waals surface area contributed by atoms with E-state index < -0.39 is 11.6 Å². The van der Waals surface area contributed by atoms with Crippen LogP contribution >= 0.6 is 0 Å². The molecule has 36 heavy (non-hydrogen) atoms. The second-order valence-corrected chi connectivity index (χ2v) is 9.30. The van der Waals surface area contributed by atoms with Crippen LogP contribution in [-0.2, 0) is 17.8 Å². The van der Waals surface area contributed by atoms with Crippen LogP contribution in [0.25, 0.3) is 21.9 Å². The van der Waals surface area contributed by atoms with Gasteiger partial charge in [-0.3, -0.25) is 0 Å². The minimum Gasteiger partial charge on any atom is -0.478 e. The maximum Gasteiger partial charge on any atom is 0.347 e. The van der Waals surface area contributed by atoms with Gasteiger partial charge in [-0.25, -0.2) is 4.79 Å². The number of anilines is 1. The fourth-order valence-electron chi connectivity index (χ4n) is 4.26. The first-order chi connectivity index (χ1) is 17.4. The zero-order valence-electron chi connectivity index (χ0n) is 20.3. The minimum atomic E-state index is -1.33. The largest absolute Gasteiger partial charge is 0.478 e. The van der Waals surface area contributed by atoms with E-state index in [-0.39, 0.29) is 0 Å². The van der Waals surface area contributed by atoms with Crippen molar-refractivity contribution in [1.82, 2.24) is 4.98 Å². The Hall–Kier alpha value is -4.32. The quantitative estimate of drug-likeness (QED) is 0.260. The van der Waals surface area contributed by atoms with E-state index in [1.165, 1.54) is 16.3 Å². The monoisotopic (exact) mass is 480 g/mol. The van der Waals surface area contributed by atoms with Crippen LogP contribution in [0.5, 0.6) is 5.75 Å². The Morgan fingerprint density at radius 2 is 1.61 bits per heavy atom. The van der Waals surface area contributed by atoms with Gasteiger partial charge >= 0.3 is 5.97 Å². The summed E-state index contributed by atoms with van der Waals surface area (Å²) in [6.07, 6.45) is 0.620. The number of para-hydroxylation sites is 3. The molecule has 6 nitrogen and oxygen atoms in total. The predicted molar refractivity (Wildman–Crippen MR) is 141 cm³/mol. The van der Waals surface area contributed by atoms with Gasteiger partial charge in [-0.15, -0.1) is 0 Å². The van der Waals surface area contributed by atoms with Crippen LogP contribution in [0.4, 0.5) is 6.01 Å². The zero-order chi connectivity index (χ0) is 25.1.